The average Bonchev–Trinajstić information content (AvgIpc) is 2.99. The summed E-state index contributed by atoms with van der Waals surface area (Å²) in [6.07, 6.45) is 5.10. The number of carboxylic acid groups (broad SMARTS) is 1. The molecule has 200 valence electrons. The van der Waals surface area contributed by atoms with Crippen molar-refractivity contribution in [2.24, 2.45) is 16.4 Å². The first-order valence-corrected chi connectivity index (χ1v) is 13.0. The molecule has 0 bridgehead atoms. The van der Waals surface area contributed by atoms with E-state index in [1.807, 2.05) is 24.3 Å². The molecule has 2 N–H and O–H groups in total. The molecule has 2 aliphatic rings. The molecule has 0 saturated heterocycles. The highest BCUT2D eigenvalue weighted by atomic mass is 16.4. The molecule has 0 unspecified atom stereocenters. The topological polar surface area (TPSA) is 119 Å². The van der Waals surface area contributed by atoms with Gasteiger partial charge in [0.05, 0.1) is 29.2 Å². The molecule has 1 heterocycles. The number of carboxylic acids is 1. The van der Waals surface area contributed by atoms with Crippen LogP contribution in [0.4, 0.5) is 16.2 Å². The molecule has 9 heteroatoms. The van der Waals surface area contributed by atoms with Crippen LogP contribution in [0.2, 0.25) is 0 Å². The van der Waals surface area contributed by atoms with E-state index in [4.69, 9.17) is 5.10 Å². The van der Waals surface area contributed by atoms with E-state index in [0.717, 1.165) is 48.4 Å². The van der Waals surface area contributed by atoms with Crippen LogP contribution in [-0.2, 0) is 9.59 Å². The second kappa shape index (κ2) is 11.2. The summed E-state index contributed by atoms with van der Waals surface area (Å²) in [5.74, 6) is -1.77. The number of Topliss-reactive ketones (excluding diaryl/α,β-unsaturated/α-hetero) is 1. The van der Waals surface area contributed by atoms with Gasteiger partial charge in [-0.25, -0.2) is 14.6 Å². The lowest BCUT2D eigenvalue weighted by Gasteiger charge is -2.28. The van der Waals surface area contributed by atoms with Crippen LogP contribution in [0, 0.1) is 11.3 Å². The number of hydrazone groups is 1. The smallest absolute Gasteiger partial charge is 0.345 e. The molecular formula is C29H34N4O5. The highest BCUT2D eigenvalue weighted by molar-refractivity contribution is 6.13. The van der Waals surface area contributed by atoms with Gasteiger partial charge in [0, 0.05) is 16.9 Å². The SMILES string of the molecule is CC(C)(C)C(=O)CN1C(=O)N(CC(=O)Nc2ccccc2C(=O)O)N=C(C2CCCCC2)c2ccccc21. The molecule has 0 atom stereocenters. The number of nitrogens with zero attached hydrogens (tertiary/aromatic N) is 3. The van der Waals surface area contributed by atoms with E-state index in [1.165, 1.54) is 17.0 Å². The number of carbonyl (C=O) groups is 4. The van der Waals surface area contributed by atoms with Crippen LogP contribution in [0.1, 0.15) is 68.8 Å². The number of amides is 3. The van der Waals surface area contributed by atoms with E-state index in [1.54, 1.807) is 32.9 Å². The number of anilines is 2. The number of ketones is 1. The van der Waals surface area contributed by atoms with Gasteiger partial charge in [0.1, 0.15) is 6.54 Å². The van der Waals surface area contributed by atoms with Gasteiger partial charge in [-0.3, -0.25) is 14.5 Å². The lowest BCUT2D eigenvalue weighted by Crippen LogP contribution is -2.47. The zero-order valence-electron chi connectivity index (χ0n) is 22.1. The molecule has 38 heavy (non-hydrogen) atoms. The Morgan fingerprint density at radius 2 is 1.63 bits per heavy atom. The molecule has 1 saturated carbocycles. The third kappa shape index (κ3) is 5.93. The van der Waals surface area contributed by atoms with Crippen molar-refractivity contribution in [3.8, 4) is 0 Å². The summed E-state index contributed by atoms with van der Waals surface area (Å²) in [5, 5.41) is 17.9. The second-order valence-corrected chi connectivity index (χ2v) is 10.8. The molecule has 3 amide bonds. The molecular weight excluding hydrogens is 484 g/mol. The molecule has 2 aromatic rings. The van der Waals surface area contributed by atoms with Crippen LogP contribution >= 0.6 is 0 Å². The van der Waals surface area contributed by atoms with Crippen LogP contribution in [0.15, 0.2) is 53.6 Å². The van der Waals surface area contributed by atoms with Crippen molar-refractivity contribution in [2.45, 2.75) is 52.9 Å². The zero-order chi connectivity index (χ0) is 27.4. The Morgan fingerprint density at radius 3 is 2.32 bits per heavy atom. The van der Waals surface area contributed by atoms with E-state index in [-0.39, 0.29) is 29.5 Å². The normalized spacial score (nSPS) is 16.4. The predicted octanol–water partition coefficient (Wildman–Crippen LogP) is 5.17. The Bertz CT molecular complexity index is 1270. The number of benzene rings is 2. The van der Waals surface area contributed by atoms with Gasteiger partial charge in [0.2, 0.25) is 5.91 Å². The number of aromatic carboxylic acids is 1. The molecule has 2 aromatic carbocycles. The second-order valence-electron chi connectivity index (χ2n) is 10.8. The minimum absolute atomic E-state index is 0.0563. The van der Waals surface area contributed by atoms with Crippen molar-refractivity contribution in [1.29, 1.82) is 0 Å². The third-order valence-corrected chi connectivity index (χ3v) is 7.01. The molecule has 0 aromatic heterocycles. The summed E-state index contributed by atoms with van der Waals surface area (Å²) < 4.78 is 0. The highest BCUT2D eigenvalue weighted by Gasteiger charge is 2.36. The van der Waals surface area contributed by atoms with E-state index in [9.17, 15) is 24.3 Å². The molecule has 1 aliphatic heterocycles. The summed E-state index contributed by atoms with van der Waals surface area (Å²) in [6, 6.07) is 12.9. The lowest BCUT2D eigenvalue weighted by molar-refractivity contribution is -0.124. The first-order chi connectivity index (χ1) is 18.1. The van der Waals surface area contributed by atoms with Crippen molar-refractivity contribution in [1.82, 2.24) is 5.01 Å². The van der Waals surface area contributed by atoms with E-state index >= 15 is 0 Å². The number of rotatable bonds is 7. The van der Waals surface area contributed by atoms with E-state index in [0.29, 0.717) is 5.69 Å². The summed E-state index contributed by atoms with van der Waals surface area (Å²) >= 11 is 0. The Balaban J connectivity index is 1.72. The van der Waals surface area contributed by atoms with Gasteiger partial charge >= 0.3 is 12.0 Å². The van der Waals surface area contributed by atoms with Crippen molar-refractivity contribution in [3.05, 3.63) is 59.7 Å². The molecule has 0 radical (unpaired) electrons. The average molecular weight is 519 g/mol. The van der Waals surface area contributed by atoms with Gasteiger partial charge in [0.25, 0.3) is 0 Å². The Morgan fingerprint density at radius 1 is 0.974 bits per heavy atom. The first-order valence-electron chi connectivity index (χ1n) is 13.0. The molecule has 1 aliphatic carbocycles. The Kier molecular flexibility index (Phi) is 7.94. The summed E-state index contributed by atoms with van der Waals surface area (Å²) in [7, 11) is 0. The van der Waals surface area contributed by atoms with Gasteiger partial charge in [-0.2, -0.15) is 5.10 Å². The van der Waals surface area contributed by atoms with Gasteiger partial charge in [-0.1, -0.05) is 70.4 Å². The van der Waals surface area contributed by atoms with Crippen molar-refractivity contribution >= 4 is 40.8 Å². The Hall–Kier alpha value is -4.01. The number of hydrogen-bond donors (Lipinski definition) is 2. The predicted molar refractivity (Wildman–Crippen MR) is 145 cm³/mol. The molecule has 0 spiro atoms. The van der Waals surface area contributed by atoms with E-state index in [2.05, 4.69) is 5.32 Å². The summed E-state index contributed by atoms with van der Waals surface area (Å²) in [5.41, 5.74) is 1.52. The van der Waals surface area contributed by atoms with Gasteiger partial charge in [-0.15, -0.1) is 0 Å². The molecule has 1 fully saturated rings. The number of para-hydroxylation sites is 2. The van der Waals surface area contributed by atoms with Gasteiger partial charge in [-0.05, 0) is 31.0 Å². The van der Waals surface area contributed by atoms with Crippen molar-refractivity contribution in [2.75, 3.05) is 23.3 Å². The molecule has 9 nitrogen and oxygen atoms in total. The minimum atomic E-state index is -1.17. The standard InChI is InChI=1S/C29H34N4O5/c1-29(2,3)24(34)17-32-23-16-10-8-14-21(23)26(19-11-5-4-6-12-19)31-33(28(32)38)18-25(35)30-22-15-9-7-13-20(22)27(36)37/h7-10,13-16,19H,4-6,11-12,17-18H2,1-3H3,(H,30,35)(H,36,37). The highest BCUT2D eigenvalue weighted by Crippen LogP contribution is 2.34. The number of urea groups is 1. The fourth-order valence-electron chi connectivity index (χ4n) is 4.81. The van der Waals surface area contributed by atoms with Crippen LogP contribution in [-0.4, -0.2) is 52.6 Å². The Labute approximate surface area is 222 Å². The van der Waals surface area contributed by atoms with Crippen molar-refractivity contribution < 1.29 is 24.3 Å². The lowest BCUT2D eigenvalue weighted by atomic mass is 9.83. The summed E-state index contributed by atoms with van der Waals surface area (Å²) in [6.45, 7) is 4.82. The van der Waals surface area contributed by atoms with Crippen molar-refractivity contribution in [3.63, 3.8) is 0 Å². The fraction of sp³-hybridized carbons (Fsp3) is 0.414. The number of hydrogen-bond acceptors (Lipinski definition) is 5. The zero-order valence-corrected chi connectivity index (χ0v) is 22.1. The summed E-state index contributed by atoms with van der Waals surface area (Å²) in [4.78, 5) is 53.0. The van der Waals surface area contributed by atoms with Crippen LogP contribution < -0.4 is 10.2 Å². The molecule has 4 rings (SSSR count). The number of nitrogens with one attached hydrogen (secondary N) is 1. The van der Waals surface area contributed by atoms with Gasteiger partial charge < -0.3 is 10.4 Å². The quantitative estimate of drug-likeness (QED) is 0.524. The monoisotopic (exact) mass is 518 g/mol. The maximum absolute atomic E-state index is 13.9. The fourth-order valence-corrected chi connectivity index (χ4v) is 4.81. The maximum Gasteiger partial charge on any atom is 0.345 e. The van der Waals surface area contributed by atoms with Crippen LogP contribution in [0.5, 0.6) is 0 Å². The van der Waals surface area contributed by atoms with Gasteiger partial charge in [0.15, 0.2) is 5.78 Å². The largest absolute Gasteiger partial charge is 0.478 e. The number of fused-ring (bicyclic) bond motifs is 1. The van der Waals surface area contributed by atoms with Crippen LogP contribution in [0.25, 0.3) is 0 Å². The van der Waals surface area contributed by atoms with E-state index < -0.39 is 29.9 Å². The minimum Gasteiger partial charge on any atom is -0.478 e. The maximum atomic E-state index is 13.9. The number of carbonyl (C=O) groups excluding carboxylic acids is 3. The van der Waals surface area contributed by atoms with Crippen LogP contribution in [0.3, 0.4) is 0 Å². The third-order valence-electron chi connectivity index (χ3n) is 7.01. The first kappa shape index (κ1) is 27.0.